The summed E-state index contributed by atoms with van der Waals surface area (Å²) in [7, 11) is -3.79. The number of amides is 2. The van der Waals surface area contributed by atoms with E-state index in [1.54, 1.807) is 12.1 Å². The minimum absolute atomic E-state index is 0.0325. The van der Waals surface area contributed by atoms with Gasteiger partial charge in [0.2, 0.25) is 21.8 Å². The van der Waals surface area contributed by atoms with Crippen molar-refractivity contribution in [2.24, 2.45) is 0 Å². The quantitative estimate of drug-likeness (QED) is 0.607. The molecule has 1 atom stereocenters. The number of hydrogen-bond acceptors (Lipinski definition) is 5. The van der Waals surface area contributed by atoms with Gasteiger partial charge in [0.15, 0.2) is 0 Å². The van der Waals surface area contributed by atoms with E-state index in [9.17, 15) is 18.0 Å². The van der Waals surface area contributed by atoms with Gasteiger partial charge in [-0.2, -0.15) is 0 Å². The van der Waals surface area contributed by atoms with Crippen molar-refractivity contribution in [3.05, 3.63) is 29.8 Å². The molecule has 3 rings (SSSR count). The Morgan fingerprint density at radius 3 is 2.43 bits per heavy atom. The normalized spacial score (nSPS) is 19.7. The highest BCUT2D eigenvalue weighted by Gasteiger charge is 2.29. The molecule has 1 aromatic carbocycles. The number of rotatable bonds is 9. The first kappa shape index (κ1) is 22.7. The van der Waals surface area contributed by atoms with E-state index in [4.69, 9.17) is 4.74 Å². The molecule has 1 aromatic rings. The zero-order chi connectivity index (χ0) is 21.6. The van der Waals surface area contributed by atoms with Crippen LogP contribution in [0.1, 0.15) is 44.1 Å². The summed E-state index contributed by atoms with van der Waals surface area (Å²) in [6, 6.07) is 6.40. The Hall–Kier alpha value is -1.97. The van der Waals surface area contributed by atoms with Crippen LogP contribution in [0.2, 0.25) is 0 Å². The Balaban J connectivity index is 1.57. The molecule has 1 aliphatic heterocycles. The van der Waals surface area contributed by atoms with Gasteiger partial charge in [-0.1, -0.05) is 30.5 Å². The summed E-state index contributed by atoms with van der Waals surface area (Å²) < 4.78 is 32.9. The van der Waals surface area contributed by atoms with Crippen LogP contribution in [0.3, 0.4) is 0 Å². The molecule has 9 heteroatoms. The van der Waals surface area contributed by atoms with E-state index in [1.807, 2.05) is 6.92 Å². The number of carbonyl (C=O) groups excluding carboxylic acids is 2. The van der Waals surface area contributed by atoms with E-state index >= 15 is 0 Å². The largest absolute Gasteiger partial charge is 0.376 e. The Kier molecular flexibility index (Phi) is 7.85. The van der Waals surface area contributed by atoms with Crippen molar-refractivity contribution >= 4 is 21.8 Å². The fraction of sp³-hybridized carbons (Fsp3) is 0.619. The van der Waals surface area contributed by atoms with E-state index in [2.05, 4.69) is 10.0 Å². The number of benzene rings is 1. The lowest BCUT2D eigenvalue weighted by Crippen LogP contribution is -2.49. The second-order valence-corrected chi connectivity index (χ2v) is 9.80. The highest BCUT2D eigenvalue weighted by Crippen LogP contribution is 2.23. The van der Waals surface area contributed by atoms with Crippen LogP contribution in [0.5, 0.6) is 0 Å². The first-order valence-electron chi connectivity index (χ1n) is 10.6. The fourth-order valence-corrected chi connectivity index (χ4v) is 4.91. The average Bonchev–Trinajstić information content (AvgIpc) is 3.43. The molecule has 1 saturated carbocycles. The highest BCUT2D eigenvalue weighted by molar-refractivity contribution is 7.89. The van der Waals surface area contributed by atoms with Gasteiger partial charge < -0.3 is 15.0 Å². The monoisotopic (exact) mass is 437 g/mol. The number of nitrogens with one attached hydrogen (secondary N) is 2. The molecule has 2 aliphatic rings. The molecule has 30 heavy (non-hydrogen) atoms. The molecule has 0 radical (unpaired) electrons. The van der Waals surface area contributed by atoms with Crippen LogP contribution < -0.4 is 10.0 Å². The SMILES string of the molecule is Cc1ccc(S(=O)(=O)NCC(=O)N(CC(=O)NC[C@@H]2CCCO2)C2CCCC2)cc1. The highest BCUT2D eigenvalue weighted by atomic mass is 32.2. The molecule has 2 amide bonds. The van der Waals surface area contributed by atoms with Crippen molar-refractivity contribution in [1.82, 2.24) is 14.9 Å². The molecule has 0 unspecified atom stereocenters. The minimum atomic E-state index is -3.79. The van der Waals surface area contributed by atoms with Gasteiger partial charge in [0.25, 0.3) is 0 Å². The average molecular weight is 438 g/mol. The van der Waals surface area contributed by atoms with Gasteiger partial charge in [-0.3, -0.25) is 9.59 Å². The van der Waals surface area contributed by atoms with Crippen LogP contribution >= 0.6 is 0 Å². The van der Waals surface area contributed by atoms with E-state index in [1.165, 1.54) is 17.0 Å². The van der Waals surface area contributed by atoms with Gasteiger partial charge in [0, 0.05) is 19.2 Å². The molecule has 2 fully saturated rings. The first-order valence-corrected chi connectivity index (χ1v) is 12.1. The summed E-state index contributed by atoms with van der Waals surface area (Å²) in [6.07, 6.45) is 5.61. The molecule has 1 heterocycles. The summed E-state index contributed by atoms with van der Waals surface area (Å²) >= 11 is 0. The summed E-state index contributed by atoms with van der Waals surface area (Å²) in [5.74, 6) is -0.628. The Bertz CT molecular complexity index is 829. The third kappa shape index (κ3) is 6.26. The zero-order valence-electron chi connectivity index (χ0n) is 17.4. The predicted octanol–water partition coefficient (Wildman–Crippen LogP) is 1.34. The number of sulfonamides is 1. The lowest BCUT2D eigenvalue weighted by molar-refractivity contribution is -0.137. The van der Waals surface area contributed by atoms with Gasteiger partial charge in [-0.15, -0.1) is 0 Å². The van der Waals surface area contributed by atoms with Crippen LogP contribution in [0, 0.1) is 6.92 Å². The molecule has 0 spiro atoms. The van der Waals surface area contributed by atoms with Crippen molar-refractivity contribution in [2.75, 3.05) is 26.2 Å². The summed E-state index contributed by atoms with van der Waals surface area (Å²) in [6.45, 7) is 2.59. The molecule has 166 valence electrons. The van der Waals surface area contributed by atoms with Crippen molar-refractivity contribution < 1.29 is 22.7 Å². The number of ether oxygens (including phenoxy) is 1. The van der Waals surface area contributed by atoms with Gasteiger partial charge >= 0.3 is 0 Å². The van der Waals surface area contributed by atoms with E-state index in [0.717, 1.165) is 44.1 Å². The molecular weight excluding hydrogens is 406 g/mol. The number of nitrogens with zero attached hydrogens (tertiary/aromatic N) is 1. The molecule has 0 bridgehead atoms. The number of carbonyl (C=O) groups is 2. The van der Waals surface area contributed by atoms with Crippen LogP contribution in [0.25, 0.3) is 0 Å². The van der Waals surface area contributed by atoms with Crippen LogP contribution in [0.4, 0.5) is 0 Å². The second kappa shape index (κ2) is 10.4. The van der Waals surface area contributed by atoms with Gasteiger partial charge in [0.1, 0.15) is 0 Å². The number of hydrogen-bond donors (Lipinski definition) is 2. The first-order chi connectivity index (χ1) is 14.3. The third-order valence-electron chi connectivity index (χ3n) is 5.70. The smallest absolute Gasteiger partial charge is 0.241 e. The van der Waals surface area contributed by atoms with E-state index < -0.39 is 10.0 Å². The molecule has 1 saturated heterocycles. The van der Waals surface area contributed by atoms with Gasteiger partial charge in [0.05, 0.1) is 24.1 Å². The molecule has 0 aromatic heterocycles. The summed E-state index contributed by atoms with van der Waals surface area (Å²) in [5.41, 5.74) is 0.950. The second-order valence-electron chi connectivity index (χ2n) is 8.04. The van der Waals surface area contributed by atoms with Gasteiger partial charge in [-0.05, 0) is 44.7 Å². The standard InChI is InChI=1S/C21H31N3O5S/c1-16-8-10-19(11-9-16)30(27,28)23-14-21(26)24(17-5-2-3-6-17)15-20(25)22-13-18-7-4-12-29-18/h8-11,17-18,23H,2-7,12-15H2,1H3,(H,22,25)/t18-/m0/s1. The summed E-state index contributed by atoms with van der Waals surface area (Å²) in [4.78, 5) is 26.9. The van der Waals surface area contributed by atoms with Crippen molar-refractivity contribution in [1.29, 1.82) is 0 Å². The molecular formula is C21H31N3O5S. The van der Waals surface area contributed by atoms with Crippen molar-refractivity contribution in [3.8, 4) is 0 Å². The Morgan fingerprint density at radius 2 is 1.80 bits per heavy atom. The summed E-state index contributed by atoms with van der Waals surface area (Å²) in [5, 5.41) is 2.84. The third-order valence-corrected chi connectivity index (χ3v) is 7.11. The Labute approximate surface area is 178 Å². The van der Waals surface area contributed by atoms with Crippen LogP contribution in [0.15, 0.2) is 29.2 Å². The molecule has 1 aliphatic carbocycles. The molecule has 8 nitrogen and oxygen atoms in total. The maximum Gasteiger partial charge on any atom is 0.241 e. The lowest BCUT2D eigenvalue weighted by Gasteiger charge is -2.28. The fourth-order valence-electron chi connectivity index (χ4n) is 3.94. The van der Waals surface area contributed by atoms with Gasteiger partial charge in [-0.25, -0.2) is 13.1 Å². The molecule has 2 N–H and O–H groups in total. The van der Waals surface area contributed by atoms with E-state index in [-0.39, 0.29) is 41.9 Å². The van der Waals surface area contributed by atoms with Crippen LogP contribution in [-0.2, 0) is 24.3 Å². The van der Waals surface area contributed by atoms with Crippen molar-refractivity contribution in [2.45, 2.75) is 62.5 Å². The predicted molar refractivity (Wildman–Crippen MR) is 112 cm³/mol. The minimum Gasteiger partial charge on any atom is -0.376 e. The van der Waals surface area contributed by atoms with Crippen LogP contribution in [-0.4, -0.2) is 63.5 Å². The maximum atomic E-state index is 12.9. The Morgan fingerprint density at radius 1 is 1.10 bits per heavy atom. The van der Waals surface area contributed by atoms with E-state index in [0.29, 0.717) is 13.2 Å². The topological polar surface area (TPSA) is 105 Å². The van der Waals surface area contributed by atoms with Crippen molar-refractivity contribution in [3.63, 3.8) is 0 Å². The number of aryl methyl sites for hydroxylation is 1. The zero-order valence-corrected chi connectivity index (χ0v) is 18.2. The maximum absolute atomic E-state index is 12.9. The lowest BCUT2D eigenvalue weighted by atomic mass is 10.2.